The van der Waals surface area contributed by atoms with Crippen molar-refractivity contribution in [3.63, 3.8) is 0 Å². The van der Waals surface area contributed by atoms with Crippen LogP contribution in [0.25, 0.3) is 16.8 Å². The van der Waals surface area contributed by atoms with Crippen LogP contribution in [0.1, 0.15) is 18.6 Å². The minimum Gasteiger partial charge on any atom is -0.442 e. The fourth-order valence-corrected chi connectivity index (χ4v) is 4.10. The van der Waals surface area contributed by atoms with Crippen molar-refractivity contribution < 1.29 is 9.53 Å². The molecule has 1 aliphatic heterocycles. The number of rotatable bonds is 4. The van der Waals surface area contributed by atoms with E-state index in [1.807, 2.05) is 55.4 Å². The molecule has 33 heavy (non-hydrogen) atoms. The van der Waals surface area contributed by atoms with Gasteiger partial charge in [-0.2, -0.15) is 10.2 Å². The van der Waals surface area contributed by atoms with Crippen LogP contribution in [0.4, 0.5) is 10.5 Å². The number of aryl methyl sites for hydroxylation is 1. The Balaban J connectivity index is 1.22. The summed E-state index contributed by atoms with van der Waals surface area (Å²) in [6.45, 7) is 4.39. The molecule has 5 rings (SSSR count). The zero-order valence-corrected chi connectivity index (χ0v) is 19.2. The molecule has 1 aliphatic rings. The average Bonchev–Trinajstić information content (AvgIpc) is 3.45. The SMILES string of the molecule is C[C@@H](OC(=O)N1CCN(c2cnn3cc(-c4cnn(C)c4)ncc23)CC1)c1ccc(Cl)cc1. The molecule has 1 atom stereocenters. The normalized spacial score (nSPS) is 15.1. The van der Waals surface area contributed by atoms with E-state index < -0.39 is 0 Å². The van der Waals surface area contributed by atoms with E-state index in [-0.39, 0.29) is 12.2 Å². The first kappa shape index (κ1) is 21.3. The predicted octanol–water partition coefficient (Wildman–Crippen LogP) is 3.80. The van der Waals surface area contributed by atoms with Gasteiger partial charge in [-0.05, 0) is 24.6 Å². The Hall–Kier alpha value is -3.59. The number of halogens is 1. The van der Waals surface area contributed by atoms with Gasteiger partial charge in [-0.25, -0.2) is 9.31 Å². The summed E-state index contributed by atoms with van der Waals surface area (Å²) < 4.78 is 9.24. The number of hydrogen-bond acceptors (Lipinski definition) is 6. The molecular formula is C23H24ClN7O2. The van der Waals surface area contributed by atoms with Crippen molar-refractivity contribution in [2.45, 2.75) is 13.0 Å². The first-order valence-corrected chi connectivity index (χ1v) is 11.1. The van der Waals surface area contributed by atoms with Gasteiger partial charge < -0.3 is 14.5 Å². The molecule has 170 valence electrons. The molecule has 1 fully saturated rings. The highest BCUT2D eigenvalue weighted by molar-refractivity contribution is 6.30. The molecule has 4 aromatic rings. The highest BCUT2D eigenvalue weighted by Crippen LogP contribution is 2.25. The van der Waals surface area contributed by atoms with Crippen LogP contribution in [-0.2, 0) is 11.8 Å². The molecule has 3 aromatic heterocycles. The average molecular weight is 466 g/mol. The quantitative estimate of drug-likeness (QED) is 0.456. The Labute approximate surface area is 196 Å². The zero-order valence-electron chi connectivity index (χ0n) is 18.4. The Morgan fingerprint density at radius 3 is 2.48 bits per heavy atom. The number of nitrogens with zero attached hydrogens (tertiary/aromatic N) is 7. The fraction of sp³-hybridized carbons (Fsp3) is 0.304. The van der Waals surface area contributed by atoms with Crippen LogP contribution in [0.2, 0.25) is 5.02 Å². The largest absolute Gasteiger partial charge is 0.442 e. The van der Waals surface area contributed by atoms with Gasteiger partial charge in [0, 0.05) is 50.0 Å². The first-order valence-electron chi connectivity index (χ1n) is 10.8. The third-order valence-electron chi connectivity index (χ3n) is 5.88. The van der Waals surface area contributed by atoms with Gasteiger partial charge >= 0.3 is 6.09 Å². The van der Waals surface area contributed by atoms with Crippen molar-refractivity contribution in [2.24, 2.45) is 7.05 Å². The Bertz CT molecular complexity index is 1280. The van der Waals surface area contributed by atoms with Crippen molar-refractivity contribution in [2.75, 3.05) is 31.1 Å². The molecule has 0 unspecified atom stereocenters. The van der Waals surface area contributed by atoms with Gasteiger partial charge in [0.1, 0.15) is 11.6 Å². The number of anilines is 1. The number of amides is 1. The fourth-order valence-electron chi connectivity index (χ4n) is 3.97. The van der Waals surface area contributed by atoms with Gasteiger partial charge in [0.25, 0.3) is 0 Å². The Kier molecular flexibility index (Phi) is 5.63. The molecule has 0 saturated carbocycles. The highest BCUT2D eigenvalue weighted by atomic mass is 35.5. The molecular weight excluding hydrogens is 442 g/mol. The van der Waals surface area contributed by atoms with Crippen molar-refractivity contribution in [3.8, 4) is 11.3 Å². The number of carbonyl (C=O) groups is 1. The van der Waals surface area contributed by atoms with E-state index in [1.54, 1.807) is 27.9 Å². The van der Waals surface area contributed by atoms with Gasteiger partial charge in [0.2, 0.25) is 0 Å². The van der Waals surface area contributed by atoms with Gasteiger partial charge in [-0.3, -0.25) is 9.67 Å². The summed E-state index contributed by atoms with van der Waals surface area (Å²) in [4.78, 5) is 21.2. The monoisotopic (exact) mass is 465 g/mol. The third kappa shape index (κ3) is 4.36. The summed E-state index contributed by atoms with van der Waals surface area (Å²) in [7, 11) is 1.88. The Morgan fingerprint density at radius 2 is 1.79 bits per heavy atom. The molecule has 0 bridgehead atoms. The lowest BCUT2D eigenvalue weighted by Gasteiger charge is -2.35. The summed E-state index contributed by atoms with van der Waals surface area (Å²) in [6.07, 6.45) is 8.64. The maximum Gasteiger partial charge on any atom is 0.410 e. The number of aromatic nitrogens is 5. The second kappa shape index (κ2) is 8.74. The van der Waals surface area contributed by atoms with Crippen LogP contribution < -0.4 is 4.90 Å². The van der Waals surface area contributed by atoms with Gasteiger partial charge in [-0.1, -0.05) is 23.7 Å². The second-order valence-electron chi connectivity index (χ2n) is 8.09. The first-order chi connectivity index (χ1) is 16.0. The van der Waals surface area contributed by atoms with Crippen molar-refractivity contribution in [1.82, 2.24) is 29.3 Å². The second-order valence-corrected chi connectivity index (χ2v) is 8.52. The topological polar surface area (TPSA) is 80.8 Å². The van der Waals surface area contributed by atoms with Crippen LogP contribution in [0.3, 0.4) is 0 Å². The predicted molar refractivity (Wildman–Crippen MR) is 125 cm³/mol. The maximum atomic E-state index is 12.7. The lowest BCUT2D eigenvalue weighted by Crippen LogP contribution is -2.49. The number of hydrogen-bond donors (Lipinski definition) is 0. The van der Waals surface area contributed by atoms with Gasteiger partial charge in [0.05, 0.1) is 36.2 Å². The molecule has 4 heterocycles. The number of piperazine rings is 1. The molecule has 9 nitrogen and oxygen atoms in total. The maximum absolute atomic E-state index is 12.7. The minimum atomic E-state index is -0.340. The molecule has 10 heteroatoms. The van der Waals surface area contributed by atoms with Crippen LogP contribution in [0.5, 0.6) is 0 Å². The molecule has 1 aromatic carbocycles. The molecule has 1 saturated heterocycles. The number of benzene rings is 1. The van der Waals surface area contributed by atoms with Crippen LogP contribution in [0, 0.1) is 0 Å². The number of fused-ring (bicyclic) bond motifs is 1. The summed E-state index contributed by atoms with van der Waals surface area (Å²) in [5.41, 5.74) is 4.60. The van der Waals surface area contributed by atoms with E-state index in [0.29, 0.717) is 31.2 Å². The van der Waals surface area contributed by atoms with E-state index in [0.717, 1.165) is 28.0 Å². The molecule has 0 N–H and O–H groups in total. The molecule has 0 aliphatic carbocycles. The van der Waals surface area contributed by atoms with E-state index in [2.05, 4.69) is 20.1 Å². The molecule has 0 spiro atoms. The summed E-state index contributed by atoms with van der Waals surface area (Å²) >= 11 is 5.94. The van der Waals surface area contributed by atoms with Gasteiger partial charge in [0.15, 0.2) is 0 Å². The van der Waals surface area contributed by atoms with Crippen molar-refractivity contribution in [1.29, 1.82) is 0 Å². The number of carbonyl (C=O) groups excluding carboxylic acids is 1. The van der Waals surface area contributed by atoms with E-state index in [9.17, 15) is 4.79 Å². The van der Waals surface area contributed by atoms with E-state index >= 15 is 0 Å². The molecule has 0 radical (unpaired) electrons. The lowest BCUT2D eigenvalue weighted by atomic mass is 10.1. The van der Waals surface area contributed by atoms with E-state index in [4.69, 9.17) is 16.3 Å². The van der Waals surface area contributed by atoms with Crippen LogP contribution >= 0.6 is 11.6 Å². The lowest BCUT2D eigenvalue weighted by molar-refractivity contribution is 0.0681. The molecule has 1 amide bonds. The Morgan fingerprint density at radius 1 is 1.03 bits per heavy atom. The number of ether oxygens (including phenoxy) is 1. The van der Waals surface area contributed by atoms with Crippen molar-refractivity contribution >= 4 is 28.9 Å². The van der Waals surface area contributed by atoms with Crippen LogP contribution in [-0.4, -0.2) is 61.6 Å². The van der Waals surface area contributed by atoms with Gasteiger partial charge in [-0.15, -0.1) is 0 Å². The minimum absolute atomic E-state index is 0.306. The smallest absolute Gasteiger partial charge is 0.410 e. The standard InChI is InChI=1S/C23H24ClN7O2/c1-16(17-3-5-19(24)6-4-17)33-23(32)30-9-7-29(8-10-30)21-13-27-31-15-20(25-12-22(21)31)18-11-26-28(2)14-18/h3-6,11-16H,7-10H2,1-2H3/t16-/m1/s1. The van der Waals surface area contributed by atoms with Crippen molar-refractivity contribution in [3.05, 3.63) is 65.8 Å². The summed E-state index contributed by atoms with van der Waals surface area (Å²) in [5, 5.41) is 9.37. The third-order valence-corrected chi connectivity index (χ3v) is 6.13. The summed E-state index contributed by atoms with van der Waals surface area (Å²) in [5.74, 6) is 0. The highest BCUT2D eigenvalue weighted by Gasteiger charge is 2.25. The zero-order chi connectivity index (χ0) is 22.9. The van der Waals surface area contributed by atoms with E-state index in [1.165, 1.54) is 0 Å². The summed E-state index contributed by atoms with van der Waals surface area (Å²) in [6, 6.07) is 7.34. The van der Waals surface area contributed by atoms with Crippen LogP contribution in [0.15, 0.2) is 55.2 Å².